The van der Waals surface area contributed by atoms with Gasteiger partial charge in [-0.15, -0.1) is 0 Å². The van der Waals surface area contributed by atoms with Crippen molar-refractivity contribution in [3.63, 3.8) is 0 Å². The second kappa shape index (κ2) is 5.85. The molecule has 0 saturated carbocycles. The van der Waals surface area contributed by atoms with Gasteiger partial charge in [-0.2, -0.15) is 0 Å². The molecule has 2 heterocycles. The van der Waals surface area contributed by atoms with Crippen molar-refractivity contribution < 1.29 is 9.21 Å². The molecule has 1 saturated heterocycles. The Morgan fingerprint density at radius 2 is 1.90 bits per heavy atom. The Labute approximate surface area is 140 Å². The number of hydrogen-bond donors (Lipinski definition) is 1. The first-order chi connectivity index (χ1) is 10.0. The van der Waals surface area contributed by atoms with Crippen molar-refractivity contribution >= 4 is 63.5 Å². The molecule has 106 valence electrons. The Bertz CT molecular complexity index is 763. The van der Waals surface area contributed by atoms with E-state index >= 15 is 0 Å². The molecule has 0 bridgehead atoms. The van der Waals surface area contributed by atoms with Crippen LogP contribution in [-0.2, 0) is 4.79 Å². The van der Waals surface area contributed by atoms with Crippen molar-refractivity contribution in [3.8, 4) is 11.3 Å². The summed E-state index contributed by atoms with van der Waals surface area (Å²) >= 11 is 18.4. The van der Waals surface area contributed by atoms with Gasteiger partial charge in [-0.05, 0) is 24.3 Å². The van der Waals surface area contributed by atoms with Crippen LogP contribution in [0.2, 0.25) is 10.0 Å². The van der Waals surface area contributed by atoms with E-state index in [9.17, 15) is 4.79 Å². The van der Waals surface area contributed by atoms with E-state index in [1.54, 1.807) is 36.4 Å². The Kier molecular flexibility index (Phi) is 4.08. The molecule has 0 aliphatic carbocycles. The average Bonchev–Trinajstić information content (AvgIpc) is 2.97. The van der Waals surface area contributed by atoms with Gasteiger partial charge < -0.3 is 9.73 Å². The van der Waals surface area contributed by atoms with Crippen LogP contribution in [0.15, 0.2) is 39.7 Å². The quantitative estimate of drug-likeness (QED) is 0.623. The summed E-state index contributed by atoms with van der Waals surface area (Å²) in [5.74, 6) is 0.852. The minimum absolute atomic E-state index is 0.223. The summed E-state index contributed by atoms with van der Waals surface area (Å²) in [7, 11) is 0. The third-order valence-electron chi connectivity index (χ3n) is 2.75. The van der Waals surface area contributed by atoms with Gasteiger partial charge in [0.15, 0.2) is 0 Å². The van der Waals surface area contributed by atoms with Gasteiger partial charge in [0, 0.05) is 6.08 Å². The van der Waals surface area contributed by atoms with E-state index in [2.05, 4.69) is 5.32 Å². The van der Waals surface area contributed by atoms with Gasteiger partial charge in [-0.1, -0.05) is 53.2 Å². The van der Waals surface area contributed by atoms with E-state index in [1.165, 1.54) is 11.8 Å². The standard InChI is InChI=1S/C14H7Cl2NO2S2/c15-8-2-1-3-9(16)12(8)10-5-4-7(19-10)6-11-13(18)17-14(20)21-11/h1-6H,(H,17,18,20)/b11-6-. The lowest BCUT2D eigenvalue weighted by Crippen LogP contribution is -2.17. The van der Waals surface area contributed by atoms with Crippen LogP contribution in [0, 0.1) is 0 Å². The van der Waals surface area contributed by atoms with Crippen molar-refractivity contribution in [1.29, 1.82) is 0 Å². The smallest absolute Gasteiger partial charge is 0.263 e. The number of thioether (sulfide) groups is 1. The largest absolute Gasteiger partial charge is 0.457 e. The number of hydrogen-bond acceptors (Lipinski definition) is 4. The zero-order valence-electron chi connectivity index (χ0n) is 10.4. The molecule has 1 aliphatic heterocycles. The molecule has 0 unspecified atom stereocenters. The van der Waals surface area contributed by atoms with Crippen molar-refractivity contribution in [2.45, 2.75) is 0 Å². The maximum absolute atomic E-state index is 11.6. The first kappa shape index (κ1) is 14.7. The highest BCUT2D eigenvalue weighted by Gasteiger charge is 2.22. The van der Waals surface area contributed by atoms with Crippen LogP contribution < -0.4 is 5.32 Å². The Morgan fingerprint density at radius 1 is 1.19 bits per heavy atom. The number of carbonyl (C=O) groups is 1. The molecule has 2 aromatic rings. The van der Waals surface area contributed by atoms with Crippen molar-refractivity contribution in [1.82, 2.24) is 5.32 Å². The molecule has 1 N–H and O–H groups in total. The summed E-state index contributed by atoms with van der Waals surface area (Å²) in [6, 6.07) is 8.75. The number of furan rings is 1. The third-order valence-corrected chi connectivity index (χ3v) is 4.54. The number of nitrogens with one attached hydrogen (secondary N) is 1. The lowest BCUT2D eigenvalue weighted by atomic mass is 10.2. The molecule has 1 aromatic heterocycles. The second-order valence-electron chi connectivity index (χ2n) is 4.15. The molecule has 21 heavy (non-hydrogen) atoms. The monoisotopic (exact) mass is 355 g/mol. The van der Waals surface area contributed by atoms with Crippen LogP contribution in [0.25, 0.3) is 17.4 Å². The summed E-state index contributed by atoms with van der Waals surface area (Å²) < 4.78 is 6.13. The van der Waals surface area contributed by atoms with Crippen LogP contribution in [0.4, 0.5) is 0 Å². The van der Waals surface area contributed by atoms with E-state index < -0.39 is 0 Å². The molecule has 3 nitrogen and oxygen atoms in total. The third kappa shape index (κ3) is 3.01. The zero-order chi connectivity index (χ0) is 15.0. The minimum Gasteiger partial charge on any atom is -0.457 e. The highest BCUT2D eigenvalue weighted by atomic mass is 35.5. The van der Waals surface area contributed by atoms with E-state index in [0.29, 0.717) is 36.4 Å². The molecule has 0 radical (unpaired) electrons. The predicted molar refractivity (Wildman–Crippen MR) is 90.5 cm³/mol. The highest BCUT2D eigenvalue weighted by molar-refractivity contribution is 8.26. The van der Waals surface area contributed by atoms with Crippen molar-refractivity contribution in [2.75, 3.05) is 0 Å². The normalized spacial score (nSPS) is 16.6. The van der Waals surface area contributed by atoms with Gasteiger partial charge in [0.2, 0.25) is 0 Å². The van der Waals surface area contributed by atoms with Crippen LogP contribution in [0.1, 0.15) is 5.76 Å². The summed E-state index contributed by atoms with van der Waals surface area (Å²) in [5, 5.41) is 3.56. The highest BCUT2D eigenvalue weighted by Crippen LogP contribution is 2.36. The number of carbonyl (C=O) groups excluding carboxylic acids is 1. The predicted octanol–water partition coefficient (Wildman–Crippen LogP) is 4.74. The Hall–Kier alpha value is -1.27. The number of benzene rings is 1. The maximum Gasteiger partial charge on any atom is 0.263 e. The number of rotatable bonds is 2. The first-order valence-electron chi connectivity index (χ1n) is 5.83. The number of amides is 1. The molecule has 3 rings (SSSR count). The van der Waals surface area contributed by atoms with Gasteiger partial charge in [0.25, 0.3) is 5.91 Å². The molecular formula is C14H7Cl2NO2S2. The SMILES string of the molecule is O=C1NC(=S)S/C1=C\c1ccc(-c2c(Cl)cccc2Cl)o1. The fraction of sp³-hybridized carbons (Fsp3) is 0. The minimum atomic E-state index is -0.223. The molecule has 1 fully saturated rings. The fourth-order valence-corrected chi connectivity index (χ4v) is 3.46. The summed E-state index contributed by atoms with van der Waals surface area (Å²) in [6.07, 6.45) is 1.63. The Morgan fingerprint density at radius 3 is 2.52 bits per heavy atom. The van der Waals surface area contributed by atoms with E-state index in [-0.39, 0.29) is 5.91 Å². The molecule has 1 amide bonds. The van der Waals surface area contributed by atoms with Crippen LogP contribution in [-0.4, -0.2) is 10.2 Å². The fourth-order valence-electron chi connectivity index (χ4n) is 1.85. The molecule has 7 heteroatoms. The molecule has 0 spiro atoms. The molecule has 1 aliphatic rings. The summed E-state index contributed by atoms with van der Waals surface area (Å²) in [4.78, 5) is 12.1. The van der Waals surface area contributed by atoms with Gasteiger partial charge in [0.05, 0.1) is 20.5 Å². The first-order valence-corrected chi connectivity index (χ1v) is 7.82. The van der Waals surface area contributed by atoms with E-state index in [0.717, 1.165) is 0 Å². The zero-order valence-corrected chi connectivity index (χ0v) is 13.5. The number of halogens is 2. The maximum atomic E-state index is 11.6. The van der Waals surface area contributed by atoms with Crippen LogP contribution >= 0.6 is 47.2 Å². The van der Waals surface area contributed by atoms with Crippen molar-refractivity contribution in [3.05, 3.63) is 51.0 Å². The van der Waals surface area contributed by atoms with Gasteiger partial charge in [-0.3, -0.25) is 4.79 Å². The summed E-state index contributed by atoms with van der Waals surface area (Å²) in [5.41, 5.74) is 0.629. The van der Waals surface area contributed by atoms with Crippen LogP contribution in [0.3, 0.4) is 0 Å². The van der Waals surface area contributed by atoms with Gasteiger partial charge >= 0.3 is 0 Å². The molecular weight excluding hydrogens is 349 g/mol. The van der Waals surface area contributed by atoms with E-state index in [1.807, 2.05) is 0 Å². The second-order valence-corrected chi connectivity index (χ2v) is 6.68. The average molecular weight is 356 g/mol. The van der Waals surface area contributed by atoms with Crippen LogP contribution in [0.5, 0.6) is 0 Å². The van der Waals surface area contributed by atoms with Gasteiger partial charge in [0.1, 0.15) is 15.8 Å². The lowest BCUT2D eigenvalue weighted by molar-refractivity contribution is -0.115. The number of thiocarbonyl (C=S) groups is 1. The topological polar surface area (TPSA) is 42.2 Å². The van der Waals surface area contributed by atoms with Gasteiger partial charge in [-0.25, -0.2) is 0 Å². The van der Waals surface area contributed by atoms with E-state index in [4.69, 9.17) is 39.8 Å². The van der Waals surface area contributed by atoms with Crippen molar-refractivity contribution in [2.24, 2.45) is 0 Å². The molecule has 1 aromatic carbocycles. The lowest BCUT2D eigenvalue weighted by Gasteiger charge is -2.02. The Balaban J connectivity index is 1.96. The summed E-state index contributed by atoms with van der Waals surface area (Å²) in [6.45, 7) is 0. The molecule has 0 atom stereocenters.